The van der Waals surface area contributed by atoms with Crippen molar-refractivity contribution in [3.63, 3.8) is 0 Å². The highest BCUT2D eigenvalue weighted by Crippen LogP contribution is 2.13. The summed E-state index contributed by atoms with van der Waals surface area (Å²) in [5.74, 6) is -2.33. The largest absolute Gasteiger partial charge is 0.545 e. The Hall–Kier alpha value is -3.53. The molecule has 0 aliphatic heterocycles. The SMILES string of the molecule is CC/C=C\C/C=C\C/C=C\C/C=C\C/C=C\C/C=C\CCCCCCC(=O)OC(COC(=O)CCCCCCCCC/C=C\CCCCCCCC)COC(OCC[N+](C)(C)C)C(=O)[O-]. The fourth-order valence-electron chi connectivity index (χ4n) is 6.65. The van der Waals surface area contributed by atoms with Gasteiger partial charge in [-0.05, 0) is 89.9 Å². The number of aliphatic carboxylic acids is 1. The average Bonchev–Trinajstić information content (AvgIpc) is 3.27. The Kier molecular flexibility index (Phi) is 44.4. The summed E-state index contributed by atoms with van der Waals surface area (Å²) in [4.78, 5) is 37.1. The summed E-state index contributed by atoms with van der Waals surface area (Å²) in [6.45, 7) is 4.58. The van der Waals surface area contributed by atoms with E-state index in [0.717, 1.165) is 96.3 Å². The smallest absolute Gasteiger partial charge is 0.306 e. The molecule has 0 amide bonds. The standard InChI is InChI=1S/C56H95NO8/c1-6-8-10-12-14-16-18-20-22-24-25-26-27-28-29-31-33-35-37-39-41-43-45-47-54(59)65-52(51-64-56(55(60)61)62-49-48-57(3,4)5)50-63-53(58)46-44-42-40-38-36-34-32-30-23-21-19-17-15-13-11-9-7-2/h8,10,14,16,20-23,25-26,28-29,33,35,52,56H,6-7,9,11-13,15,17-19,24,27,30-32,34,36-51H2,1-5H3/b10-8-,16-14-,22-20-,23-21-,26-25-,29-28-,35-33-. The minimum Gasteiger partial charge on any atom is -0.545 e. The summed E-state index contributed by atoms with van der Waals surface area (Å²) in [5, 5.41) is 11.7. The van der Waals surface area contributed by atoms with E-state index < -0.39 is 24.3 Å². The lowest BCUT2D eigenvalue weighted by Crippen LogP contribution is -2.44. The second kappa shape index (κ2) is 47.0. The molecule has 0 heterocycles. The number of likely N-dealkylation sites (N-methyl/N-ethyl adjacent to an activating group) is 1. The van der Waals surface area contributed by atoms with Gasteiger partial charge in [0.1, 0.15) is 13.2 Å². The molecule has 0 aliphatic rings. The molecule has 0 aromatic heterocycles. The number of carboxylic acid groups (broad SMARTS) is 1. The van der Waals surface area contributed by atoms with Crippen LogP contribution in [0.4, 0.5) is 0 Å². The van der Waals surface area contributed by atoms with E-state index in [9.17, 15) is 19.5 Å². The van der Waals surface area contributed by atoms with Gasteiger partial charge in [-0.2, -0.15) is 0 Å². The molecule has 0 aromatic carbocycles. The Balaban J connectivity index is 4.43. The van der Waals surface area contributed by atoms with Crippen molar-refractivity contribution in [2.75, 3.05) is 47.5 Å². The first-order valence-corrected chi connectivity index (χ1v) is 25.7. The molecule has 2 atom stereocenters. The number of carbonyl (C=O) groups is 3. The van der Waals surface area contributed by atoms with Crippen LogP contribution in [-0.2, 0) is 33.3 Å². The van der Waals surface area contributed by atoms with Crippen molar-refractivity contribution in [2.45, 2.75) is 206 Å². The zero-order valence-electron chi connectivity index (χ0n) is 42.1. The first kappa shape index (κ1) is 61.5. The monoisotopic (exact) mass is 910 g/mol. The van der Waals surface area contributed by atoms with Crippen LogP contribution in [0, 0.1) is 0 Å². The Morgan fingerprint density at radius 3 is 1.32 bits per heavy atom. The van der Waals surface area contributed by atoms with Crippen LogP contribution in [0.3, 0.4) is 0 Å². The number of ether oxygens (including phenoxy) is 4. The quantitative estimate of drug-likeness (QED) is 0.0195. The molecular formula is C56H95NO8. The van der Waals surface area contributed by atoms with Crippen molar-refractivity contribution in [1.82, 2.24) is 0 Å². The number of carboxylic acids is 1. The summed E-state index contributed by atoms with van der Waals surface area (Å²) in [7, 11) is 5.90. The van der Waals surface area contributed by atoms with Gasteiger partial charge < -0.3 is 33.3 Å². The number of nitrogens with zero attached hydrogens (tertiary/aromatic N) is 1. The van der Waals surface area contributed by atoms with E-state index in [1.165, 1.54) is 64.2 Å². The molecule has 65 heavy (non-hydrogen) atoms. The van der Waals surface area contributed by atoms with E-state index >= 15 is 0 Å². The maximum atomic E-state index is 12.8. The molecule has 0 saturated heterocycles. The van der Waals surface area contributed by atoms with Crippen LogP contribution in [-0.4, -0.2) is 82.3 Å². The number of rotatable bonds is 46. The van der Waals surface area contributed by atoms with Crippen molar-refractivity contribution in [3.05, 3.63) is 85.1 Å². The van der Waals surface area contributed by atoms with Crippen molar-refractivity contribution in [2.24, 2.45) is 0 Å². The zero-order chi connectivity index (χ0) is 47.7. The molecule has 9 nitrogen and oxygen atoms in total. The van der Waals surface area contributed by atoms with Gasteiger partial charge in [0.05, 0.1) is 40.3 Å². The summed E-state index contributed by atoms with van der Waals surface area (Å²) in [6.07, 6.45) is 57.5. The van der Waals surface area contributed by atoms with Gasteiger partial charge in [0.15, 0.2) is 12.4 Å². The van der Waals surface area contributed by atoms with Crippen LogP contribution < -0.4 is 5.11 Å². The van der Waals surface area contributed by atoms with Crippen LogP contribution in [0.5, 0.6) is 0 Å². The second-order valence-corrected chi connectivity index (χ2v) is 18.1. The highest BCUT2D eigenvalue weighted by molar-refractivity contribution is 5.70. The predicted octanol–water partition coefficient (Wildman–Crippen LogP) is 13.1. The first-order chi connectivity index (χ1) is 31.6. The third-order valence-corrected chi connectivity index (χ3v) is 10.6. The van der Waals surface area contributed by atoms with Gasteiger partial charge in [-0.15, -0.1) is 0 Å². The summed E-state index contributed by atoms with van der Waals surface area (Å²) in [6, 6.07) is 0. The van der Waals surface area contributed by atoms with Gasteiger partial charge in [-0.1, -0.05) is 176 Å². The number of unbranched alkanes of at least 4 members (excludes halogenated alkanes) is 17. The van der Waals surface area contributed by atoms with Gasteiger partial charge in [-0.3, -0.25) is 9.59 Å². The maximum Gasteiger partial charge on any atom is 0.306 e. The fraction of sp³-hybridized carbons (Fsp3) is 0.696. The summed E-state index contributed by atoms with van der Waals surface area (Å²) >= 11 is 0. The Morgan fingerprint density at radius 2 is 0.877 bits per heavy atom. The summed E-state index contributed by atoms with van der Waals surface area (Å²) in [5.41, 5.74) is 0. The van der Waals surface area contributed by atoms with Crippen LogP contribution in [0.1, 0.15) is 194 Å². The molecule has 0 aliphatic carbocycles. The molecule has 0 fully saturated rings. The molecule has 0 spiro atoms. The number of hydrogen-bond donors (Lipinski definition) is 0. The van der Waals surface area contributed by atoms with Crippen LogP contribution in [0.2, 0.25) is 0 Å². The predicted molar refractivity (Wildman–Crippen MR) is 269 cm³/mol. The first-order valence-electron chi connectivity index (χ1n) is 25.7. The lowest BCUT2D eigenvalue weighted by atomic mass is 10.1. The van der Waals surface area contributed by atoms with Crippen molar-refractivity contribution in [1.29, 1.82) is 0 Å². The lowest BCUT2D eigenvalue weighted by Gasteiger charge is -2.26. The fourth-order valence-corrected chi connectivity index (χ4v) is 6.65. The maximum absolute atomic E-state index is 12.8. The van der Waals surface area contributed by atoms with Gasteiger partial charge in [0.2, 0.25) is 0 Å². The molecule has 0 saturated carbocycles. The number of quaternary nitrogens is 1. The summed E-state index contributed by atoms with van der Waals surface area (Å²) < 4.78 is 22.6. The van der Waals surface area contributed by atoms with Crippen molar-refractivity contribution >= 4 is 17.9 Å². The lowest BCUT2D eigenvalue weighted by molar-refractivity contribution is -0.870. The van der Waals surface area contributed by atoms with Crippen molar-refractivity contribution < 1.29 is 42.9 Å². The Bertz CT molecular complexity index is 1340. The van der Waals surface area contributed by atoms with Crippen molar-refractivity contribution in [3.8, 4) is 0 Å². The second-order valence-electron chi connectivity index (χ2n) is 18.1. The van der Waals surface area contributed by atoms with E-state index in [0.29, 0.717) is 17.4 Å². The molecule has 9 heteroatoms. The molecule has 0 bridgehead atoms. The van der Waals surface area contributed by atoms with Gasteiger partial charge in [0.25, 0.3) is 0 Å². The van der Waals surface area contributed by atoms with Gasteiger partial charge in [-0.25, -0.2) is 0 Å². The number of allylic oxidation sites excluding steroid dienone is 14. The van der Waals surface area contributed by atoms with Crippen LogP contribution >= 0.6 is 0 Å². The third-order valence-electron chi connectivity index (χ3n) is 10.6. The molecule has 0 rings (SSSR count). The highest BCUT2D eigenvalue weighted by atomic mass is 16.7. The Labute approximate surface area is 398 Å². The zero-order valence-corrected chi connectivity index (χ0v) is 42.1. The molecule has 2 unspecified atom stereocenters. The number of hydrogen-bond acceptors (Lipinski definition) is 8. The van der Waals surface area contributed by atoms with Gasteiger partial charge >= 0.3 is 11.9 Å². The van der Waals surface area contributed by atoms with E-state index in [4.69, 9.17) is 18.9 Å². The van der Waals surface area contributed by atoms with E-state index in [1.54, 1.807) is 0 Å². The minimum atomic E-state index is -1.63. The molecule has 0 radical (unpaired) electrons. The van der Waals surface area contributed by atoms with E-state index in [-0.39, 0.29) is 38.6 Å². The average molecular weight is 910 g/mol. The number of esters is 2. The minimum absolute atomic E-state index is 0.137. The normalized spacial score (nSPS) is 13.6. The van der Waals surface area contributed by atoms with Crippen LogP contribution in [0.15, 0.2) is 85.1 Å². The molecular weight excluding hydrogens is 815 g/mol. The van der Waals surface area contributed by atoms with E-state index in [2.05, 4.69) is 98.9 Å². The molecule has 372 valence electrons. The third kappa shape index (κ3) is 48.2. The molecule has 0 aromatic rings. The Morgan fingerprint density at radius 1 is 0.477 bits per heavy atom. The van der Waals surface area contributed by atoms with Gasteiger partial charge in [0, 0.05) is 12.8 Å². The molecule has 0 N–H and O–H groups in total. The van der Waals surface area contributed by atoms with E-state index in [1.807, 2.05) is 21.1 Å². The highest BCUT2D eigenvalue weighted by Gasteiger charge is 2.21. The number of carbonyl (C=O) groups excluding carboxylic acids is 3. The van der Waals surface area contributed by atoms with Crippen LogP contribution in [0.25, 0.3) is 0 Å². The topological polar surface area (TPSA) is 111 Å².